The maximum atomic E-state index is 12.1. The molecular formula is C14H15NO2. The molecule has 17 heavy (non-hydrogen) atoms. The van der Waals surface area contributed by atoms with Gasteiger partial charge < -0.3 is 5.32 Å². The van der Waals surface area contributed by atoms with Gasteiger partial charge >= 0.3 is 0 Å². The second-order valence-corrected chi connectivity index (χ2v) is 4.10. The summed E-state index contributed by atoms with van der Waals surface area (Å²) in [5, 5.41) is 2.66. The van der Waals surface area contributed by atoms with Gasteiger partial charge in [-0.3, -0.25) is 9.59 Å². The maximum Gasteiger partial charge on any atom is 0.239 e. The summed E-state index contributed by atoms with van der Waals surface area (Å²) >= 11 is 0. The lowest BCUT2D eigenvalue weighted by molar-refractivity contribution is -0.124. The number of carbonyl (C=O) groups is 2. The van der Waals surface area contributed by atoms with Crippen molar-refractivity contribution in [3.63, 3.8) is 0 Å². The maximum absolute atomic E-state index is 12.1. The number of hydrogen-bond donors (Lipinski definition) is 1. The standard InChI is InChI=1S/C14H15NO2/c1-2-3-9-11-13(16)12(14(17)15-11)10-7-5-4-6-8-10/h4-9,12H,2-3H2,1H3,(H,15,17)/b11-9-. The first-order valence-corrected chi connectivity index (χ1v) is 5.84. The van der Waals surface area contributed by atoms with E-state index in [1.54, 1.807) is 0 Å². The molecule has 1 fully saturated rings. The van der Waals surface area contributed by atoms with Gasteiger partial charge in [0.1, 0.15) is 5.92 Å². The zero-order chi connectivity index (χ0) is 12.3. The number of carbonyl (C=O) groups excluding carboxylic acids is 2. The van der Waals surface area contributed by atoms with Crippen LogP contribution in [0, 0.1) is 0 Å². The molecule has 1 saturated heterocycles. The third kappa shape index (κ3) is 2.28. The van der Waals surface area contributed by atoms with Crippen LogP contribution in [-0.4, -0.2) is 11.7 Å². The highest BCUT2D eigenvalue weighted by molar-refractivity contribution is 6.21. The van der Waals surface area contributed by atoms with Gasteiger partial charge in [0.2, 0.25) is 5.91 Å². The molecule has 1 aromatic carbocycles. The molecule has 0 spiro atoms. The van der Waals surface area contributed by atoms with E-state index in [-0.39, 0.29) is 11.7 Å². The van der Waals surface area contributed by atoms with Crippen LogP contribution in [0.2, 0.25) is 0 Å². The van der Waals surface area contributed by atoms with E-state index in [4.69, 9.17) is 0 Å². The molecule has 1 unspecified atom stereocenters. The third-order valence-electron chi connectivity index (χ3n) is 2.82. The SMILES string of the molecule is CCC/C=C1\NC(=O)C(c2ccccc2)C1=O. The van der Waals surface area contributed by atoms with Crippen molar-refractivity contribution < 1.29 is 9.59 Å². The minimum atomic E-state index is -0.667. The lowest BCUT2D eigenvalue weighted by atomic mass is 9.96. The van der Waals surface area contributed by atoms with Gasteiger partial charge in [0.25, 0.3) is 0 Å². The molecule has 1 aliphatic rings. The van der Waals surface area contributed by atoms with Crippen molar-refractivity contribution in [2.24, 2.45) is 0 Å². The Morgan fingerprint density at radius 1 is 1.24 bits per heavy atom. The fourth-order valence-electron chi connectivity index (χ4n) is 1.93. The Balaban J connectivity index is 2.26. The lowest BCUT2D eigenvalue weighted by Crippen LogP contribution is -2.17. The van der Waals surface area contributed by atoms with Crippen molar-refractivity contribution in [1.29, 1.82) is 0 Å². The van der Waals surface area contributed by atoms with Gasteiger partial charge in [-0.25, -0.2) is 0 Å². The van der Waals surface area contributed by atoms with Crippen LogP contribution in [0.25, 0.3) is 0 Å². The van der Waals surface area contributed by atoms with Crippen LogP contribution < -0.4 is 5.32 Å². The van der Waals surface area contributed by atoms with E-state index in [1.165, 1.54) is 0 Å². The van der Waals surface area contributed by atoms with E-state index in [9.17, 15) is 9.59 Å². The van der Waals surface area contributed by atoms with E-state index < -0.39 is 5.92 Å². The number of allylic oxidation sites excluding steroid dienone is 2. The summed E-state index contributed by atoms with van der Waals surface area (Å²) in [6.07, 6.45) is 3.58. The summed E-state index contributed by atoms with van der Waals surface area (Å²) < 4.78 is 0. The Morgan fingerprint density at radius 2 is 1.94 bits per heavy atom. The van der Waals surface area contributed by atoms with Gasteiger partial charge in [0.05, 0.1) is 5.70 Å². The Labute approximate surface area is 101 Å². The number of Topliss-reactive ketones (excluding diaryl/α,β-unsaturated/α-hetero) is 1. The fraction of sp³-hybridized carbons (Fsp3) is 0.286. The Hall–Kier alpha value is -1.90. The summed E-state index contributed by atoms with van der Waals surface area (Å²) in [6.45, 7) is 2.03. The molecule has 0 radical (unpaired) electrons. The van der Waals surface area contributed by atoms with Crippen LogP contribution in [-0.2, 0) is 9.59 Å². The molecule has 1 atom stereocenters. The molecule has 1 heterocycles. The molecule has 3 heteroatoms. The van der Waals surface area contributed by atoms with Crippen molar-refractivity contribution in [3.8, 4) is 0 Å². The quantitative estimate of drug-likeness (QED) is 0.637. The minimum absolute atomic E-state index is 0.116. The van der Waals surface area contributed by atoms with Gasteiger partial charge in [0, 0.05) is 0 Å². The van der Waals surface area contributed by atoms with Crippen LogP contribution in [0.3, 0.4) is 0 Å². The molecule has 88 valence electrons. The van der Waals surface area contributed by atoms with Crippen molar-refractivity contribution in [1.82, 2.24) is 5.32 Å². The Morgan fingerprint density at radius 3 is 2.59 bits per heavy atom. The van der Waals surface area contributed by atoms with Crippen LogP contribution in [0.1, 0.15) is 31.2 Å². The van der Waals surface area contributed by atoms with Crippen molar-refractivity contribution in [2.45, 2.75) is 25.7 Å². The smallest absolute Gasteiger partial charge is 0.239 e. The second-order valence-electron chi connectivity index (χ2n) is 4.10. The molecule has 2 rings (SSSR count). The number of rotatable bonds is 3. The second kappa shape index (κ2) is 4.95. The normalized spacial score (nSPS) is 21.9. The van der Waals surface area contributed by atoms with Crippen molar-refractivity contribution in [2.75, 3.05) is 0 Å². The van der Waals surface area contributed by atoms with Crippen LogP contribution in [0.5, 0.6) is 0 Å². The van der Waals surface area contributed by atoms with E-state index in [2.05, 4.69) is 5.32 Å². The predicted molar refractivity (Wildman–Crippen MR) is 65.3 cm³/mol. The molecule has 0 aromatic heterocycles. The van der Waals surface area contributed by atoms with E-state index in [0.717, 1.165) is 18.4 Å². The number of ketones is 1. The van der Waals surface area contributed by atoms with Gasteiger partial charge in [-0.2, -0.15) is 0 Å². The number of amides is 1. The molecule has 0 bridgehead atoms. The first kappa shape index (κ1) is 11.6. The van der Waals surface area contributed by atoms with E-state index in [1.807, 2.05) is 43.3 Å². The molecule has 1 N–H and O–H groups in total. The van der Waals surface area contributed by atoms with Gasteiger partial charge in [0.15, 0.2) is 5.78 Å². The zero-order valence-corrected chi connectivity index (χ0v) is 9.77. The summed E-state index contributed by atoms with van der Waals surface area (Å²) in [6, 6.07) is 9.16. The first-order chi connectivity index (χ1) is 8.24. The number of unbranched alkanes of at least 4 members (excludes halogenated alkanes) is 1. The third-order valence-corrected chi connectivity index (χ3v) is 2.82. The fourth-order valence-corrected chi connectivity index (χ4v) is 1.93. The average molecular weight is 229 g/mol. The molecule has 0 aliphatic carbocycles. The van der Waals surface area contributed by atoms with Crippen LogP contribution >= 0.6 is 0 Å². The Kier molecular flexibility index (Phi) is 3.38. The average Bonchev–Trinajstić information content (AvgIpc) is 2.63. The zero-order valence-electron chi connectivity index (χ0n) is 9.77. The highest BCUT2D eigenvalue weighted by Crippen LogP contribution is 2.25. The summed E-state index contributed by atoms with van der Waals surface area (Å²) in [5.41, 5.74) is 1.21. The monoisotopic (exact) mass is 229 g/mol. The summed E-state index contributed by atoms with van der Waals surface area (Å²) in [4.78, 5) is 23.9. The summed E-state index contributed by atoms with van der Waals surface area (Å²) in [7, 11) is 0. The number of benzene rings is 1. The van der Waals surface area contributed by atoms with Crippen molar-refractivity contribution in [3.05, 3.63) is 47.7 Å². The van der Waals surface area contributed by atoms with E-state index in [0.29, 0.717) is 5.70 Å². The van der Waals surface area contributed by atoms with Gasteiger partial charge in [-0.05, 0) is 12.0 Å². The highest BCUT2D eigenvalue weighted by Gasteiger charge is 2.37. The molecule has 1 amide bonds. The lowest BCUT2D eigenvalue weighted by Gasteiger charge is -2.03. The van der Waals surface area contributed by atoms with Crippen LogP contribution in [0.4, 0.5) is 0 Å². The van der Waals surface area contributed by atoms with Gasteiger partial charge in [-0.1, -0.05) is 49.8 Å². The topological polar surface area (TPSA) is 46.2 Å². The highest BCUT2D eigenvalue weighted by atomic mass is 16.2. The Bertz CT molecular complexity index is 462. The van der Waals surface area contributed by atoms with Crippen LogP contribution in [0.15, 0.2) is 42.1 Å². The number of hydrogen-bond acceptors (Lipinski definition) is 2. The first-order valence-electron chi connectivity index (χ1n) is 5.84. The van der Waals surface area contributed by atoms with E-state index >= 15 is 0 Å². The molecule has 1 aliphatic heterocycles. The minimum Gasteiger partial charge on any atom is -0.322 e. The predicted octanol–water partition coefficient (Wildman–Crippen LogP) is 2.15. The molecule has 3 nitrogen and oxygen atoms in total. The molecular weight excluding hydrogens is 214 g/mol. The van der Waals surface area contributed by atoms with Crippen molar-refractivity contribution >= 4 is 11.7 Å². The summed E-state index contributed by atoms with van der Waals surface area (Å²) in [5.74, 6) is -1.00. The largest absolute Gasteiger partial charge is 0.322 e. The molecule has 0 saturated carbocycles. The van der Waals surface area contributed by atoms with Gasteiger partial charge in [-0.15, -0.1) is 0 Å². The number of nitrogens with one attached hydrogen (secondary N) is 1. The molecule has 1 aromatic rings.